The highest BCUT2D eigenvalue weighted by Crippen LogP contribution is 2.39. The Morgan fingerprint density at radius 2 is 1.94 bits per heavy atom. The predicted octanol–water partition coefficient (Wildman–Crippen LogP) is 4.47. The Balaban J connectivity index is 1.82. The molecule has 0 aliphatic heterocycles. The summed E-state index contributed by atoms with van der Waals surface area (Å²) in [6.45, 7) is 7.32. The van der Waals surface area contributed by atoms with Crippen LogP contribution in [0.2, 0.25) is 0 Å². The van der Waals surface area contributed by atoms with Gasteiger partial charge in [0, 0.05) is 17.3 Å². The van der Waals surface area contributed by atoms with E-state index < -0.39 is 0 Å². The van der Waals surface area contributed by atoms with E-state index in [-0.39, 0.29) is 0 Å². The molecule has 2 rings (SSSR count). The molecule has 4 atom stereocenters. The molecular formula is C16H31NS. The Hall–Kier alpha value is 0.310. The van der Waals surface area contributed by atoms with Crippen LogP contribution in [0.15, 0.2) is 0 Å². The molecule has 0 aromatic heterocycles. The van der Waals surface area contributed by atoms with Crippen molar-refractivity contribution in [2.75, 3.05) is 6.26 Å². The largest absolute Gasteiger partial charge is 0.311 e. The number of thioether (sulfide) groups is 1. The van der Waals surface area contributed by atoms with Crippen LogP contribution in [0.4, 0.5) is 0 Å². The Kier molecular flexibility index (Phi) is 5.05. The standard InChI is InChI=1S/C16H31NS/c1-12-11-16(2,3)9-8-15(12)17-13-6-5-7-14(10-13)18-4/h12-15,17H,5-11H2,1-4H3. The van der Waals surface area contributed by atoms with Gasteiger partial charge in [0.2, 0.25) is 0 Å². The number of nitrogens with one attached hydrogen (secondary N) is 1. The summed E-state index contributed by atoms with van der Waals surface area (Å²) in [6.07, 6.45) is 12.1. The minimum Gasteiger partial charge on any atom is -0.311 e. The van der Waals surface area contributed by atoms with Gasteiger partial charge in [-0.25, -0.2) is 0 Å². The Morgan fingerprint density at radius 3 is 2.61 bits per heavy atom. The molecule has 0 saturated heterocycles. The summed E-state index contributed by atoms with van der Waals surface area (Å²) in [7, 11) is 0. The zero-order chi connectivity index (χ0) is 13.2. The van der Waals surface area contributed by atoms with E-state index in [1.54, 1.807) is 0 Å². The van der Waals surface area contributed by atoms with Crippen LogP contribution in [0.25, 0.3) is 0 Å². The normalized spacial score (nSPS) is 40.7. The van der Waals surface area contributed by atoms with Gasteiger partial charge in [-0.1, -0.05) is 27.2 Å². The summed E-state index contributed by atoms with van der Waals surface area (Å²) in [5.41, 5.74) is 0.575. The first-order chi connectivity index (χ1) is 8.50. The van der Waals surface area contributed by atoms with E-state index in [2.05, 4.69) is 44.1 Å². The van der Waals surface area contributed by atoms with Crippen molar-refractivity contribution >= 4 is 11.8 Å². The van der Waals surface area contributed by atoms with E-state index in [9.17, 15) is 0 Å². The van der Waals surface area contributed by atoms with E-state index in [4.69, 9.17) is 0 Å². The zero-order valence-electron chi connectivity index (χ0n) is 12.7. The smallest absolute Gasteiger partial charge is 0.00956 e. The van der Waals surface area contributed by atoms with Crippen LogP contribution in [-0.2, 0) is 0 Å². The monoisotopic (exact) mass is 269 g/mol. The maximum absolute atomic E-state index is 4.00. The van der Waals surface area contributed by atoms with Crippen molar-refractivity contribution in [1.29, 1.82) is 0 Å². The van der Waals surface area contributed by atoms with Crippen LogP contribution >= 0.6 is 11.8 Å². The maximum atomic E-state index is 4.00. The third kappa shape index (κ3) is 3.90. The summed E-state index contributed by atoms with van der Waals surface area (Å²) >= 11 is 2.07. The van der Waals surface area contributed by atoms with Gasteiger partial charge in [0.1, 0.15) is 0 Å². The lowest BCUT2D eigenvalue weighted by Gasteiger charge is -2.42. The fourth-order valence-electron chi connectivity index (χ4n) is 4.01. The van der Waals surface area contributed by atoms with Crippen LogP contribution in [0.5, 0.6) is 0 Å². The summed E-state index contributed by atoms with van der Waals surface area (Å²) in [4.78, 5) is 0. The van der Waals surface area contributed by atoms with Crippen molar-refractivity contribution in [3.05, 3.63) is 0 Å². The van der Waals surface area contributed by atoms with E-state index in [0.717, 1.165) is 23.3 Å². The van der Waals surface area contributed by atoms with Crippen LogP contribution < -0.4 is 5.32 Å². The predicted molar refractivity (Wildman–Crippen MR) is 83.3 cm³/mol. The molecule has 0 radical (unpaired) electrons. The molecule has 1 N–H and O–H groups in total. The van der Waals surface area contributed by atoms with E-state index >= 15 is 0 Å². The average molecular weight is 269 g/mol. The molecule has 2 aliphatic rings. The Bertz CT molecular complexity index is 264. The topological polar surface area (TPSA) is 12.0 Å². The zero-order valence-corrected chi connectivity index (χ0v) is 13.5. The highest BCUT2D eigenvalue weighted by molar-refractivity contribution is 7.99. The van der Waals surface area contributed by atoms with Crippen molar-refractivity contribution in [1.82, 2.24) is 5.32 Å². The first-order valence-electron chi connectivity index (χ1n) is 7.79. The fourth-order valence-corrected chi connectivity index (χ4v) is 4.83. The maximum Gasteiger partial charge on any atom is 0.00956 e. The van der Waals surface area contributed by atoms with Crippen molar-refractivity contribution in [3.63, 3.8) is 0 Å². The molecule has 0 amide bonds. The molecule has 1 nitrogen and oxygen atoms in total. The molecule has 0 spiro atoms. The minimum atomic E-state index is 0.575. The summed E-state index contributed by atoms with van der Waals surface area (Å²) in [5.74, 6) is 0.850. The fraction of sp³-hybridized carbons (Fsp3) is 1.00. The van der Waals surface area contributed by atoms with Crippen molar-refractivity contribution in [2.24, 2.45) is 11.3 Å². The van der Waals surface area contributed by atoms with E-state index in [1.165, 1.54) is 44.9 Å². The van der Waals surface area contributed by atoms with Crippen LogP contribution in [0.1, 0.15) is 65.7 Å². The summed E-state index contributed by atoms with van der Waals surface area (Å²) in [5, 5.41) is 4.91. The van der Waals surface area contributed by atoms with Gasteiger partial charge < -0.3 is 5.32 Å². The molecule has 2 aliphatic carbocycles. The third-order valence-electron chi connectivity index (χ3n) is 5.10. The minimum absolute atomic E-state index is 0.575. The molecular weight excluding hydrogens is 238 g/mol. The highest BCUT2D eigenvalue weighted by Gasteiger charge is 2.34. The molecule has 18 heavy (non-hydrogen) atoms. The first-order valence-corrected chi connectivity index (χ1v) is 9.08. The van der Waals surface area contributed by atoms with Gasteiger partial charge in [-0.15, -0.1) is 0 Å². The van der Waals surface area contributed by atoms with E-state index in [1.807, 2.05) is 0 Å². The molecule has 0 aromatic rings. The molecule has 4 unspecified atom stereocenters. The third-order valence-corrected chi connectivity index (χ3v) is 6.20. The van der Waals surface area contributed by atoms with Gasteiger partial charge in [-0.2, -0.15) is 11.8 Å². The summed E-state index contributed by atoms with van der Waals surface area (Å²) < 4.78 is 0. The van der Waals surface area contributed by atoms with Gasteiger partial charge in [0.05, 0.1) is 0 Å². The quantitative estimate of drug-likeness (QED) is 0.811. The van der Waals surface area contributed by atoms with Crippen LogP contribution in [0.3, 0.4) is 0 Å². The number of rotatable bonds is 3. The number of hydrogen-bond acceptors (Lipinski definition) is 2. The SMILES string of the molecule is CSC1CCCC(NC2CCC(C)(C)CC2C)C1. The Labute approximate surface area is 118 Å². The van der Waals surface area contributed by atoms with Gasteiger partial charge in [0.25, 0.3) is 0 Å². The van der Waals surface area contributed by atoms with Crippen LogP contribution in [-0.4, -0.2) is 23.6 Å². The molecule has 106 valence electrons. The van der Waals surface area contributed by atoms with Crippen LogP contribution in [0, 0.1) is 11.3 Å². The lowest BCUT2D eigenvalue weighted by Crippen LogP contribution is -2.48. The van der Waals surface area contributed by atoms with Crippen molar-refractivity contribution in [2.45, 2.75) is 83.1 Å². The lowest BCUT2D eigenvalue weighted by molar-refractivity contribution is 0.136. The van der Waals surface area contributed by atoms with Crippen molar-refractivity contribution < 1.29 is 0 Å². The first kappa shape index (κ1) is 14.7. The average Bonchev–Trinajstić information content (AvgIpc) is 2.32. The van der Waals surface area contributed by atoms with Gasteiger partial charge >= 0.3 is 0 Å². The summed E-state index contributed by atoms with van der Waals surface area (Å²) in [6, 6.07) is 1.58. The highest BCUT2D eigenvalue weighted by atomic mass is 32.2. The number of hydrogen-bond donors (Lipinski definition) is 1. The van der Waals surface area contributed by atoms with Gasteiger partial charge in [-0.3, -0.25) is 0 Å². The molecule has 0 aromatic carbocycles. The van der Waals surface area contributed by atoms with Crippen molar-refractivity contribution in [3.8, 4) is 0 Å². The van der Waals surface area contributed by atoms with Gasteiger partial charge in [-0.05, 0) is 56.1 Å². The Morgan fingerprint density at radius 1 is 1.17 bits per heavy atom. The van der Waals surface area contributed by atoms with Gasteiger partial charge in [0.15, 0.2) is 0 Å². The molecule has 0 bridgehead atoms. The second-order valence-corrected chi connectivity index (χ2v) is 8.52. The molecule has 2 heteroatoms. The lowest BCUT2D eigenvalue weighted by atomic mass is 9.70. The molecule has 0 heterocycles. The van der Waals surface area contributed by atoms with E-state index in [0.29, 0.717) is 5.41 Å². The molecule has 2 saturated carbocycles. The molecule has 2 fully saturated rings. The second kappa shape index (κ2) is 6.17. The second-order valence-electron chi connectivity index (χ2n) is 7.38.